The van der Waals surface area contributed by atoms with Gasteiger partial charge in [0.1, 0.15) is 0 Å². The Hall–Kier alpha value is -0.340. The molecule has 0 saturated carbocycles. The van der Waals surface area contributed by atoms with Gasteiger partial charge in [0.15, 0.2) is 6.29 Å². The van der Waals surface area contributed by atoms with E-state index in [-0.39, 0.29) is 0 Å². The molecule has 0 aromatic heterocycles. The molecule has 0 heterocycles. The average molecular weight is 233 g/mol. The molecule has 1 rings (SSSR count). The van der Waals surface area contributed by atoms with Gasteiger partial charge >= 0.3 is 0 Å². The van der Waals surface area contributed by atoms with Crippen molar-refractivity contribution in [1.82, 2.24) is 0 Å². The fraction of sp³-hybridized carbons (Fsp3) is 0.125. The molecule has 0 spiro atoms. The molecular weight excluding hydrogens is 227 g/mol. The Labute approximate surface area is 78.5 Å². The first kappa shape index (κ1) is 8.75. The van der Waals surface area contributed by atoms with E-state index in [4.69, 9.17) is 11.6 Å². The Bertz CT molecular complexity index is 296. The Kier molecular flexibility index (Phi) is 2.68. The molecule has 3 heteroatoms. The van der Waals surface area contributed by atoms with Crippen molar-refractivity contribution in [3.05, 3.63) is 32.8 Å². The molecule has 1 nitrogen and oxygen atoms in total. The molecule has 0 atom stereocenters. The summed E-state index contributed by atoms with van der Waals surface area (Å²) in [7, 11) is 0. The number of aldehydes is 1. The molecule has 0 amide bonds. The highest BCUT2D eigenvalue weighted by atomic mass is 79.9. The summed E-state index contributed by atoms with van der Waals surface area (Å²) in [5.41, 5.74) is 1.44. The van der Waals surface area contributed by atoms with Crippen molar-refractivity contribution < 1.29 is 4.79 Å². The molecule has 0 unspecified atom stereocenters. The third-order valence-corrected chi connectivity index (χ3v) is 2.70. The van der Waals surface area contributed by atoms with Crippen molar-refractivity contribution in [1.29, 1.82) is 0 Å². The molecule has 58 valence electrons. The first-order chi connectivity index (χ1) is 5.16. The summed E-state index contributed by atoms with van der Waals surface area (Å²) in [6.45, 7) is 1.85. The molecule has 0 aliphatic rings. The van der Waals surface area contributed by atoms with Crippen LogP contribution in [-0.4, -0.2) is 6.29 Å². The van der Waals surface area contributed by atoms with E-state index in [1.165, 1.54) is 0 Å². The molecular formula is C8H6BrClO. The minimum atomic E-state index is 0.501. The first-order valence-electron chi connectivity index (χ1n) is 3.06. The Morgan fingerprint density at radius 1 is 1.55 bits per heavy atom. The highest BCUT2D eigenvalue weighted by molar-refractivity contribution is 9.10. The SMILES string of the molecule is Cc1c(Br)ccc(Cl)c1C=O. The lowest BCUT2D eigenvalue weighted by atomic mass is 10.1. The lowest BCUT2D eigenvalue weighted by Gasteiger charge is -2.02. The molecule has 1 aromatic rings. The maximum atomic E-state index is 10.5. The largest absolute Gasteiger partial charge is 0.298 e. The van der Waals surface area contributed by atoms with Crippen molar-refractivity contribution >= 4 is 33.8 Å². The van der Waals surface area contributed by atoms with Crippen molar-refractivity contribution in [2.45, 2.75) is 6.92 Å². The van der Waals surface area contributed by atoms with Gasteiger partial charge in [-0.05, 0) is 24.6 Å². The summed E-state index contributed by atoms with van der Waals surface area (Å²) >= 11 is 9.05. The summed E-state index contributed by atoms with van der Waals surface area (Å²) in [4.78, 5) is 10.5. The molecule has 0 aliphatic carbocycles. The number of rotatable bonds is 1. The molecule has 0 bridgehead atoms. The fourth-order valence-corrected chi connectivity index (χ4v) is 1.41. The maximum absolute atomic E-state index is 10.5. The number of carbonyl (C=O) groups excluding carboxylic acids is 1. The van der Waals surface area contributed by atoms with E-state index >= 15 is 0 Å². The molecule has 11 heavy (non-hydrogen) atoms. The average Bonchev–Trinajstić information content (AvgIpc) is 1.99. The van der Waals surface area contributed by atoms with Gasteiger partial charge in [0.2, 0.25) is 0 Å². The zero-order valence-electron chi connectivity index (χ0n) is 5.90. The maximum Gasteiger partial charge on any atom is 0.151 e. The predicted octanol–water partition coefficient (Wildman–Crippen LogP) is 3.22. The van der Waals surface area contributed by atoms with Gasteiger partial charge in [-0.3, -0.25) is 4.79 Å². The first-order valence-corrected chi connectivity index (χ1v) is 4.23. The van der Waals surface area contributed by atoms with Crippen LogP contribution in [0.1, 0.15) is 15.9 Å². The number of benzene rings is 1. The molecule has 0 fully saturated rings. The third kappa shape index (κ3) is 1.63. The summed E-state index contributed by atoms with van der Waals surface area (Å²) in [5, 5.41) is 0.501. The van der Waals surface area contributed by atoms with Crippen molar-refractivity contribution in [3.8, 4) is 0 Å². The molecule has 1 aromatic carbocycles. The minimum absolute atomic E-state index is 0.501. The smallest absolute Gasteiger partial charge is 0.151 e. The van der Waals surface area contributed by atoms with E-state index in [0.717, 1.165) is 16.3 Å². The fourth-order valence-electron chi connectivity index (χ4n) is 0.814. The van der Waals surface area contributed by atoms with Crippen molar-refractivity contribution in [2.75, 3.05) is 0 Å². The lowest BCUT2D eigenvalue weighted by molar-refractivity contribution is 0.112. The lowest BCUT2D eigenvalue weighted by Crippen LogP contribution is -1.88. The van der Waals surface area contributed by atoms with Crippen LogP contribution in [0, 0.1) is 6.92 Å². The van der Waals surface area contributed by atoms with Crippen LogP contribution in [0.2, 0.25) is 5.02 Å². The van der Waals surface area contributed by atoms with E-state index in [0.29, 0.717) is 10.6 Å². The van der Waals surface area contributed by atoms with E-state index < -0.39 is 0 Å². The minimum Gasteiger partial charge on any atom is -0.298 e. The Balaban J connectivity index is 3.40. The van der Waals surface area contributed by atoms with Crippen LogP contribution in [0.5, 0.6) is 0 Å². The highest BCUT2D eigenvalue weighted by Gasteiger charge is 2.04. The molecule has 0 saturated heterocycles. The van der Waals surface area contributed by atoms with E-state index in [2.05, 4.69) is 15.9 Å². The number of halogens is 2. The van der Waals surface area contributed by atoms with Gasteiger partial charge in [0.05, 0.1) is 5.02 Å². The van der Waals surface area contributed by atoms with Crippen LogP contribution in [0.15, 0.2) is 16.6 Å². The predicted molar refractivity (Wildman–Crippen MR) is 49.3 cm³/mol. The quantitative estimate of drug-likeness (QED) is 0.681. The van der Waals surface area contributed by atoms with Crippen molar-refractivity contribution in [2.24, 2.45) is 0 Å². The number of hydrogen-bond acceptors (Lipinski definition) is 1. The number of carbonyl (C=O) groups is 1. The van der Waals surface area contributed by atoms with Gasteiger partial charge in [-0.15, -0.1) is 0 Å². The molecule has 0 aliphatic heterocycles. The summed E-state index contributed by atoms with van der Waals surface area (Å²) in [6.07, 6.45) is 0.766. The van der Waals surface area contributed by atoms with Crippen LogP contribution in [-0.2, 0) is 0 Å². The summed E-state index contributed by atoms with van der Waals surface area (Å²) in [6, 6.07) is 3.52. The number of hydrogen-bond donors (Lipinski definition) is 0. The van der Waals surface area contributed by atoms with Gasteiger partial charge in [-0.1, -0.05) is 27.5 Å². The summed E-state index contributed by atoms with van der Waals surface area (Å²) in [5.74, 6) is 0. The van der Waals surface area contributed by atoms with Crippen LogP contribution in [0.4, 0.5) is 0 Å². The van der Waals surface area contributed by atoms with E-state index in [9.17, 15) is 4.79 Å². The standard InChI is InChI=1S/C8H6BrClO/c1-5-6(4-11)8(10)3-2-7(5)9/h2-4H,1H3. The van der Waals surface area contributed by atoms with Crippen molar-refractivity contribution in [3.63, 3.8) is 0 Å². The Morgan fingerprint density at radius 3 is 2.64 bits per heavy atom. The Morgan fingerprint density at radius 2 is 2.18 bits per heavy atom. The van der Waals surface area contributed by atoms with Gasteiger partial charge < -0.3 is 0 Å². The zero-order chi connectivity index (χ0) is 8.43. The van der Waals surface area contributed by atoms with Gasteiger partial charge in [0, 0.05) is 10.0 Å². The van der Waals surface area contributed by atoms with Gasteiger partial charge in [-0.2, -0.15) is 0 Å². The van der Waals surface area contributed by atoms with Crippen LogP contribution >= 0.6 is 27.5 Å². The van der Waals surface area contributed by atoms with E-state index in [1.54, 1.807) is 6.07 Å². The van der Waals surface area contributed by atoms with Crippen LogP contribution in [0.25, 0.3) is 0 Å². The van der Waals surface area contributed by atoms with Crippen LogP contribution in [0.3, 0.4) is 0 Å². The highest BCUT2D eigenvalue weighted by Crippen LogP contribution is 2.24. The second-order valence-corrected chi connectivity index (χ2v) is 3.45. The van der Waals surface area contributed by atoms with E-state index in [1.807, 2.05) is 13.0 Å². The zero-order valence-corrected chi connectivity index (χ0v) is 8.24. The van der Waals surface area contributed by atoms with Gasteiger partial charge in [0.25, 0.3) is 0 Å². The molecule has 0 N–H and O–H groups in total. The van der Waals surface area contributed by atoms with Crippen LogP contribution < -0.4 is 0 Å². The topological polar surface area (TPSA) is 17.1 Å². The second kappa shape index (κ2) is 3.37. The summed E-state index contributed by atoms with van der Waals surface area (Å²) < 4.78 is 0.906. The molecule has 0 radical (unpaired) electrons. The monoisotopic (exact) mass is 232 g/mol. The third-order valence-electron chi connectivity index (χ3n) is 1.51. The second-order valence-electron chi connectivity index (χ2n) is 2.19. The van der Waals surface area contributed by atoms with Gasteiger partial charge in [-0.25, -0.2) is 0 Å². The normalized spacial score (nSPS) is 9.73.